The largest absolute Gasteiger partial charge is 0.506 e. The van der Waals surface area contributed by atoms with E-state index in [0.717, 1.165) is 7.11 Å². The van der Waals surface area contributed by atoms with Crippen molar-refractivity contribution >= 4 is 12.3 Å². The summed E-state index contributed by atoms with van der Waals surface area (Å²) in [6, 6.07) is 0. The van der Waals surface area contributed by atoms with E-state index in [0.29, 0.717) is 0 Å². The van der Waals surface area contributed by atoms with E-state index >= 15 is 0 Å². The molecule has 0 radical (unpaired) electrons. The number of hydrogen-bond donors (Lipinski definition) is 5. The molecule has 0 spiro atoms. The van der Waals surface area contributed by atoms with Gasteiger partial charge in [-0.15, -0.1) is 0 Å². The van der Waals surface area contributed by atoms with Crippen molar-refractivity contribution in [3.8, 4) is 0 Å². The highest BCUT2D eigenvalue weighted by Crippen LogP contribution is 1.85. The Morgan fingerprint density at radius 1 is 1.12 bits per heavy atom. The quantitative estimate of drug-likeness (QED) is 0.428. The number of ether oxygens (including phenoxy) is 1. The maximum Gasteiger partial charge on any atom is 0.506 e. The molecule has 0 aliphatic carbocycles. The van der Waals surface area contributed by atoms with E-state index in [1.54, 1.807) is 20.8 Å². The van der Waals surface area contributed by atoms with E-state index in [4.69, 9.17) is 30.3 Å². The normalized spacial score (nSPS) is 6.94. The second kappa shape index (κ2) is 23.4. The molecule has 0 heterocycles. The summed E-state index contributed by atoms with van der Waals surface area (Å²) in [5, 5.41) is 36.4. The van der Waals surface area contributed by atoms with Crippen molar-refractivity contribution in [3.05, 3.63) is 0 Å². The standard InChI is InChI=1S/C4H8O3.C2H6O.CH2O3.CH4O/c1-3(2)7-4(5)6;1-2-3;2-1(3)4;1-2/h3H,1-2H3,(H,5,6);3H,2H2,1H3;(H2,2,3,4);2H,1H3. The Kier molecular flexibility index (Phi) is 34.9. The van der Waals surface area contributed by atoms with Gasteiger partial charge < -0.3 is 30.3 Å². The molecule has 0 aromatic carbocycles. The zero-order valence-electron chi connectivity index (χ0n) is 9.75. The fourth-order valence-electron chi connectivity index (χ4n) is 0.202. The van der Waals surface area contributed by atoms with Crippen molar-refractivity contribution in [1.82, 2.24) is 0 Å². The third kappa shape index (κ3) is 270. The van der Waals surface area contributed by atoms with Gasteiger partial charge in [0.1, 0.15) is 0 Å². The maximum atomic E-state index is 9.59. The predicted octanol–water partition coefficient (Wildman–Crippen LogP) is 0.919. The molecule has 0 saturated heterocycles. The molecule has 0 aliphatic rings. The first-order valence-electron chi connectivity index (χ1n) is 4.14. The summed E-state index contributed by atoms with van der Waals surface area (Å²) >= 11 is 0. The monoisotopic (exact) mass is 244 g/mol. The maximum absolute atomic E-state index is 9.59. The molecule has 0 unspecified atom stereocenters. The number of carboxylic acid groups (broad SMARTS) is 3. The van der Waals surface area contributed by atoms with Gasteiger partial charge in [-0.1, -0.05) is 0 Å². The van der Waals surface area contributed by atoms with E-state index in [-0.39, 0.29) is 12.7 Å². The van der Waals surface area contributed by atoms with E-state index in [9.17, 15) is 4.79 Å². The number of rotatable bonds is 1. The van der Waals surface area contributed by atoms with E-state index in [1.807, 2.05) is 0 Å². The topological polar surface area (TPSA) is 145 Å². The molecule has 0 aromatic rings. The molecule has 100 valence electrons. The Labute approximate surface area is 93.7 Å². The minimum Gasteiger partial charge on any atom is -0.450 e. The molecule has 16 heavy (non-hydrogen) atoms. The Morgan fingerprint density at radius 3 is 1.31 bits per heavy atom. The molecule has 0 aliphatic heterocycles. The van der Waals surface area contributed by atoms with Crippen LogP contribution in [0.25, 0.3) is 0 Å². The zero-order chi connectivity index (χ0) is 14.1. The van der Waals surface area contributed by atoms with Crippen LogP contribution in [0.3, 0.4) is 0 Å². The predicted molar refractivity (Wildman–Crippen MR) is 55.8 cm³/mol. The SMILES string of the molecule is CC(C)OC(=O)O.CCO.CO.O=C(O)O. The first-order valence-corrected chi connectivity index (χ1v) is 4.14. The lowest BCUT2D eigenvalue weighted by molar-refractivity contribution is 0.0659. The molecule has 0 atom stereocenters. The molecule has 5 N–H and O–H groups in total. The number of aliphatic hydroxyl groups is 2. The second-order valence-electron chi connectivity index (χ2n) is 2.03. The van der Waals surface area contributed by atoms with Crippen LogP contribution in [0.4, 0.5) is 9.59 Å². The van der Waals surface area contributed by atoms with Gasteiger partial charge in [-0.05, 0) is 20.8 Å². The molecule has 0 amide bonds. The van der Waals surface area contributed by atoms with Gasteiger partial charge in [0.25, 0.3) is 0 Å². The molecule has 0 bridgehead atoms. The number of aliphatic hydroxyl groups excluding tert-OH is 2. The summed E-state index contributed by atoms with van der Waals surface area (Å²) in [6.45, 7) is 5.25. The van der Waals surface area contributed by atoms with Gasteiger partial charge in [-0.2, -0.15) is 0 Å². The van der Waals surface area contributed by atoms with Gasteiger partial charge in [-0.25, -0.2) is 9.59 Å². The van der Waals surface area contributed by atoms with Gasteiger partial charge in [0.2, 0.25) is 0 Å². The van der Waals surface area contributed by atoms with Crippen LogP contribution in [0.5, 0.6) is 0 Å². The molecule has 8 heteroatoms. The van der Waals surface area contributed by atoms with Crippen molar-refractivity contribution < 1.29 is 39.9 Å². The Balaban J connectivity index is -0.0000000685. The van der Waals surface area contributed by atoms with Gasteiger partial charge in [0.05, 0.1) is 6.10 Å². The summed E-state index contributed by atoms with van der Waals surface area (Å²) in [5.41, 5.74) is 0. The Bertz CT molecular complexity index is 141. The molecule has 0 aromatic heterocycles. The summed E-state index contributed by atoms with van der Waals surface area (Å²) in [4.78, 5) is 18.1. The van der Waals surface area contributed by atoms with E-state index in [2.05, 4.69) is 4.74 Å². The molecule has 0 fully saturated rings. The lowest BCUT2D eigenvalue weighted by atomic mass is 10.5. The van der Waals surface area contributed by atoms with Crippen molar-refractivity contribution in [2.75, 3.05) is 13.7 Å². The van der Waals surface area contributed by atoms with Crippen LogP contribution in [0, 0.1) is 0 Å². The fourth-order valence-corrected chi connectivity index (χ4v) is 0.202. The van der Waals surface area contributed by atoms with Crippen molar-refractivity contribution in [2.45, 2.75) is 26.9 Å². The van der Waals surface area contributed by atoms with Crippen LogP contribution < -0.4 is 0 Å². The third-order valence-electron chi connectivity index (χ3n) is 0.337. The summed E-state index contributed by atoms with van der Waals surface area (Å²) in [5.74, 6) is 0. The lowest BCUT2D eigenvalue weighted by Gasteiger charge is -1.99. The third-order valence-corrected chi connectivity index (χ3v) is 0.337. The molecule has 0 saturated carbocycles. The van der Waals surface area contributed by atoms with Crippen LogP contribution in [0.1, 0.15) is 20.8 Å². The van der Waals surface area contributed by atoms with Crippen LogP contribution in [0.2, 0.25) is 0 Å². The summed E-state index contributed by atoms with van der Waals surface area (Å²) in [7, 11) is 1.00. The van der Waals surface area contributed by atoms with Crippen molar-refractivity contribution in [1.29, 1.82) is 0 Å². The van der Waals surface area contributed by atoms with Gasteiger partial charge in [-0.3, -0.25) is 0 Å². The smallest absolute Gasteiger partial charge is 0.450 e. The zero-order valence-corrected chi connectivity index (χ0v) is 9.75. The highest BCUT2D eigenvalue weighted by Gasteiger charge is 1.97. The van der Waals surface area contributed by atoms with Crippen molar-refractivity contribution in [2.24, 2.45) is 0 Å². The molecule has 0 rings (SSSR count). The first kappa shape index (κ1) is 23.9. The average Bonchev–Trinajstić information content (AvgIpc) is 2.05. The minimum atomic E-state index is -1.83. The van der Waals surface area contributed by atoms with Gasteiger partial charge in [0, 0.05) is 13.7 Å². The highest BCUT2D eigenvalue weighted by atomic mass is 16.7. The Morgan fingerprint density at radius 2 is 1.31 bits per heavy atom. The first-order chi connectivity index (χ1) is 7.27. The van der Waals surface area contributed by atoms with Gasteiger partial charge >= 0.3 is 12.3 Å². The van der Waals surface area contributed by atoms with E-state index in [1.165, 1.54) is 0 Å². The van der Waals surface area contributed by atoms with Crippen LogP contribution >= 0.6 is 0 Å². The summed E-state index contributed by atoms with van der Waals surface area (Å²) < 4.78 is 4.17. The minimum absolute atomic E-state index is 0.225. The highest BCUT2D eigenvalue weighted by molar-refractivity contribution is 5.56. The molecule has 8 nitrogen and oxygen atoms in total. The second-order valence-corrected chi connectivity index (χ2v) is 2.03. The molecular weight excluding hydrogens is 224 g/mol. The summed E-state index contributed by atoms with van der Waals surface area (Å²) in [6.07, 6.45) is -3.27. The molecular formula is C8H20O8. The lowest BCUT2D eigenvalue weighted by Crippen LogP contribution is -2.07. The average molecular weight is 244 g/mol. The number of hydrogen-bond acceptors (Lipinski definition) is 5. The Hall–Kier alpha value is -1.54. The number of carbonyl (C=O) groups is 2. The van der Waals surface area contributed by atoms with Crippen molar-refractivity contribution in [3.63, 3.8) is 0 Å². The van der Waals surface area contributed by atoms with Crippen LogP contribution in [0.15, 0.2) is 0 Å². The van der Waals surface area contributed by atoms with Crippen LogP contribution in [-0.2, 0) is 4.74 Å². The van der Waals surface area contributed by atoms with E-state index < -0.39 is 12.3 Å². The fraction of sp³-hybridized carbons (Fsp3) is 0.750. The van der Waals surface area contributed by atoms with Crippen LogP contribution in [-0.4, -0.2) is 57.7 Å². The van der Waals surface area contributed by atoms with Gasteiger partial charge in [0.15, 0.2) is 0 Å².